The van der Waals surface area contributed by atoms with Crippen LogP contribution in [0.15, 0.2) is 30.3 Å². The Morgan fingerprint density at radius 2 is 1.85 bits per heavy atom. The van der Waals surface area contributed by atoms with Crippen molar-refractivity contribution in [3.63, 3.8) is 0 Å². The minimum absolute atomic E-state index is 0.166. The average Bonchev–Trinajstić information content (AvgIpc) is 2.42. The third kappa shape index (κ3) is 6.21. The summed E-state index contributed by atoms with van der Waals surface area (Å²) in [5.41, 5.74) is 1.53. The standard InChI is InChI=1S/C18H28N2/c1-15(2)13-17(16-9-6-5-7-10-16)20-14-18(3,4)11-8-12-19/h5-7,9-10,15,17,20H,8,11,13-14H2,1-4H3. The number of hydrogen-bond donors (Lipinski definition) is 1. The number of nitrogens with zero attached hydrogens (tertiary/aromatic N) is 1. The van der Waals surface area contributed by atoms with Crippen LogP contribution in [0.5, 0.6) is 0 Å². The molecule has 0 aliphatic heterocycles. The summed E-state index contributed by atoms with van der Waals surface area (Å²) in [5, 5.41) is 12.4. The Balaban J connectivity index is 2.65. The Morgan fingerprint density at radius 1 is 1.20 bits per heavy atom. The van der Waals surface area contributed by atoms with Gasteiger partial charge in [-0.1, -0.05) is 58.0 Å². The van der Waals surface area contributed by atoms with E-state index >= 15 is 0 Å². The van der Waals surface area contributed by atoms with Crippen LogP contribution in [0.2, 0.25) is 0 Å². The molecule has 0 aliphatic rings. The molecular formula is C18H28N2. The molecule has 2 heteroatoms. The van der Waals surface area contributed by atoms with Gasteiger partial charge in [-0.05, 0) is 29.7 Å². The van der Waals surface area contributed by atoms with Gasteiger partial charge in [0, 0.05) is 19.0 Å². The lowest BCUT2D eigenvalue weighted by atomic mass is 9.87. The van der Waals surface area contributed by atoms with Gasteiger partial charge in [-0.15, -0.1) is 0 Å². The average molecular weight is 272 g/mol. The summed E-state index contributed by atoms with van der Waals surface area (Å²) in [5.74, 6) is 0.662. The monoisotopic (exact) mass is 272 g/mol. The van der Waals surface area contributed by atoms with Crippen molar-refractivity contribution in [2.75, 3.05) is 6.54 Å². The fraction of sp³-hybridized carbons (Fsp3) is 0.611. The lowest BCUT2D eigenvalue weighted by Crippen LogP contribution is -2.33. The summed E-state index contributed by atoms with van der Waals surface area (Å²) < 4.78 is 0. The molecule has 0 saturated carbocycles. The zero-order valence-electron chi connectivity index (χ0n) is 13.3. The number of benzene rings is 1. The normalized spacial score (nSPS) is 13.2. The molecule has 110 valence electrons. The molecule has 0 spiro atoms. The highest BCUT2D eigenvalue weighted by atomic mass is 14.9. The molecule has 1 unspecified atom stereocenters. The van der Waals surface area contributed by atoms with Gasteiger partial charge in [-0.3, -0.25) is 0 Å². The molecule has 1 rings (SSSR count). The largest absolute Gasteiger partial charge is 0.309 e. The predicted octanol–water partition coefficient (Wildman–Crippen LogP) is 4.69. The van der Waals surface area contributed by atoms with Gasteiger partial charge in [-0.25, -0.2) is 0 Å². The zero-order valence-corrected chi connectivity index (χ0v) is 13.3. The molecule has 0 radical (unpaired) electrons. The Hall–Kier alpha value is -1.33. The van der Waals surface area contributed by atoms with Crippen molar-refractivity contribution in [1.29, 1.82) is 5.26 Å². The molecule has 1 aromatic carbocycles. The highest BCUT2D eigenvalue weighted by Gasteiger charge is 2.20. The molecule has 0 amide bonds. The molecule has 0 fully saturated rings. The predicted molar refractivity (Wildman–Crippen MR) is 85.3 cm³/mol. The highest BCUT2D eigenvalue weighted by molar-refractivity contribution is 5.19. The molecule has 0 bridgehead atoms. The Kier molecular flexibility index (Phi) is 6.75. The molecule has 0 aliphatic carbocycles. The summed E-state index contributed by atoms with van der Waals surface area (Å²) in [4.78, 5) is 0. The van der Waals surface area contributed by atoms with E-state index in [1.807, 2.05) is 0 Å². The van der Waals surface area contributed by atoms with E-state index in [1.54, 1.807) is 0 Å². The van der Waals surface area contributed by atoms with Gasteiger partial charge in [0.25, 0.3) is 0 Å². The lowest BCUT2D eigenvalue weighted by molar-refractivity contribution is 0.288. The molecule has 1 N–H and O–H groups in total. The van der Waals surface area contributed by atoms with E-state index in [-0.39, 0.29) is 5.41 Å². The summed E-state index contributed by atoms with van der Waals surface area (Å²) >= 11 is 0. The first-order valence-corrected chi connectivity index (χ1v) is 7.60. The van der Waals surface area contributed by atoms with E-state index in [2.05, 4.69) is 69.4 Å². The SMILES string of the molecule is CC(C)CC(NCC(C)(C)CCC#N)c1ccccc1. The van der Waals surface area contributed by atoms with E-state index < -0.39 is 0 Å². The minimum Gasteiger partial charge on any atom is -0.309 e. The smallest absolute Gasteiger partial charge is 0.0621 e. The van der Waals surface area contributed by atoms with Crippen molar-refractivity contribution in [2.24, 2.45) is 11.3 Å². The van der Waals surface area contributed by atoms with Gasteiger partial charge in [0.15, 0.2) is 0 Å². The lowest BCUT2D eigenvalue weighted by Gasteiger charge is -2.29. The molecule has 0 heterocycles. The van der Waals surface area contributed by atoms with Crippen LogP contribution in [-0.2, 0) is 0 Å². The quantitative estimate of drug-likeness (QED) is 0.745. The maximum atomic E-state index is 8.73. The minimum atomic E-state index is 0.166. The molecular weight excluding hydrogens is 244 g/mol. The summed E-state index contributed by atoms with van der Waals surface area (Å²) in [6, 6.07) is 13.3. The first-order chi connectivity index (χ1) is 9.44. The molecule has 1 aromatic rings. The third-order valence-electron chi connectivity index (χ3n) is 3.65. The van der Waals surface area contributed by atoms with E-state index in [0.717, 1.165) is 19.4 Å². The summed E-state index contributed by atoms with van der Waals surface area (Å²) in [6.45, 7) is 9.93. The van der Waals surface area contributed by atoms with Gasteiger partial charge >= 0.3 is 0 Å². The summed E-state index contributed by atoms with van der Waals surface area (Å²) in [6.07, 6.45) is 2.72. The fourth-order valence-electron chi connectivity index (χ4n) is 2.38. The fourth-order valence-corrected chi connectivity index (χ4v) is 2.38. The van der Waals surface area contributed by atoms with Crippen molar-refractivity contribution in [1.82, 2.24) is 5.32 Å². The third-order valence-corrected chi connectivity index (χ3v) is 3.65. The van der Waals surface area contributed by atoms with Gasteiger partial charge in [-0.2, -0.15) is 5.26 Å². The molecule has 0 aromatic heterocycles. The first kappa shape index (κ1) is 16.7. The van der Waals surface area contributed by atoms with E-state index in [1.165, 1.54) is 5.56 Å². The second-order valence-corrected chi connectivity index (χ2v) is 6.80. The Labute approximate surface area is 124 Å². The van der Waals surface area contributed by atoms with E-state index in [0.29, 0.717) is 18.4 Å². The number of hydrogen-bond acceptors (Lipinski definition) is 2. The summed E-state index contributed by atoms with van der Waals surface area (Å²) in [7, 11) is 0. The molecule has 0 saturated heterocycles. The van der Waals surface area contributed by atoms with Crippen molar-refractivity contribution in [3.8, 4) is 6.07 Å². The van der Waals surface area contributed by atoms with Crippen molar-refractivity contribution in [3.05, 3.63) is 35.9 Å². The van der Waals surface area contributed by atoms with Crippen molar-refractivity contribution in [2.45, 2.75) is 53.0 Å². The Bertz CT molecular complexity index is 415. The van der Waals surface area contributed by atoms with Gasteiger partial charge in [0.2, 0.25) is 0 Å². The second-order valence-electron chi connectivity index (χ2n) is 6.80. The van der Waals surface area contributed by atoms with E-state index in [9.17, 15) is 0 Å². The van der Waals surface area contributed by atoms with Crippen LogP contribution in [0.1, 0.15) is 58.6 Å². The van der Waals surface area contributed by atoms with Crippen LogP contribution < -0.4 is 5.32 Å². The maximum Gasteiger partial charge on any atom is 0.0621 e. The van der Waals surface area contributed by atoms with Gasteiger partial charge in [0.1, 0.15) is 0 Å². The topological polar surface area (TPSA) is 35.8 Å². The first-order valence-electron chi connectivity index (χ1n) is 7.60. The maximum absolute atomic E-state index is 8.73. The van der Waals surface area contributed by atoms with Crippen molar-refractivity contribution >= 4 is 0 Å². The number of rotatable bonds is 8. The molecule has 20 heavy (non-hydrogen) atoms. The Morgan fingerprint density at radius 3 is 2.40 bits per heavy atom. The van der Waals surface area contributed by atoms with Gasteiger partial charge < -0.3 is 5.32 Å². The second kappa shape index (κ2) is 8.07. The van der Waals surface area contributed by atoms with Crippen LogP contribution in [0.3, 0.4) is 0 Å². The van der Waals surface area contributed by atoms with Crippen LogP contribution in [0.4, 0.5) is 0 Å². The van der Waals surface area contributed by atoms with Crippen LogP contribution >= 0.6 is 0 Å². The number of nitrogens with one attached hydrogen (secondary N) is 1. The van der Waals surface area contributed by atoms with E-state index in [4.69, 9.17) is 5.26 Å². The van der Waals surface area contributed by atoms with Crippen LogP contribution in [-0.4, -0.2) is 6.54 Å². The van der Waals surface area contributed by atoms with Crippen molar-refractivity contribution < 1.29 is 0 Å². The van der Waals surface area contributed by atoms with Crippen LogP contribution in [0, 0.1) is 22.7 Å². The zero-order chi connectivity index (χ0) is 15.0. The molecule has 1 atom stereocenters. The highest BCUT2D eigenvalue weighted by Crippen LogP contribution is 2.25. The van der Waals surface area contributed by atoms with Crippen LogP contribution in [0.25, 0.3) is 0 Å². The van der Waals surface area contributed by atoms with Gasteiger partial charge in [0.05, 0.1) is 6.07 Å². The number of nitriles is 1. The molecule has 2 nitrogen and oxygen atoms in total.